The van der Waals surface area contributed by atoms with E-state index in [1.54, 1.807) is 0 Å². The van der Waals surface area contributed by atoms with Gasteiger partial charge in [-0.05, 0) is 6.07 Å². The first kappa shape index (κ1) is 14.5. The molecular formula is C9H15N3O6. The molecule has 0 saturated carbocycles. The van der Waals surface area contributed by atoms with Gasteiger partial charge in [-0.15, -0.1) is 0 Å². The van der Waals surface area contributed by atoms with Gasteiger partial charge in [-0.3, -0.25) is 4.57 Å². The first-order valence-electron chi connectivity index (χ1n) is 5.01. The number of rotatable bonds is 2. The summed E-state index contributed by atoms with van der Waals surface area (Å²) in [5, 5.41) is 28.2. The van der Waals surface area contributed by atoms with Crippen molar-refractivity contribution < 1.29 is 25.5 Å². The molecule has 0 unspecified atom stereocenters. The van der Waals surface area contributed by atoms with E-state index in [4.69, 9.17) is 15.6 Å². The standard InChI is InChI=1S/C9H13N3O5.H2O/c10-5-1-2-12(9(16)11-5)8-7(15)6(14)4(3-13)17-8;/h1-2,4,6-8,13-15H,3H2,(H2,10,11,16);1H2/t4-,6-,7-,8-;/m1./s1. The zero-order chi connectivity index (χ0) is 12.6. The van der Waals surface area contributed by atoms with Gasteiger partial charge in [0.15, 0.2) is 6.23 Å². The van der Waals surface area contributed by atoms with Crippen LogP contribution in [-0.2, 0) is 4.74 Å². The molecule has 102 valence electrons. The molecule has 0 amide bonds. The van der Waals surface area contributed by atoms with Crippen LogP contribution in [0.15, 0.2) is 17.1 Å². The molecule has 1 aliphatic heterocycles. The third kappa shape index (κ3) is 2.35. The summed E-state index contributed by atoms with van der Waals surface area (Å²) in [4.78, 5) is 15.0. The molecule has 2 rings (SSSR count). The summed E-state index contributed by atoms with van der Waals surface area (Å²) in [5.74, 6) is 0.0537. The normalized spacial score (nSPS) is 31.1. The highest BCUT2D eigenvalue weighted by Crippen LogP contribution is 2.27. The van der Waals surface area contributed by atoms with E-state index in [1.165, 1.54) is 12.3 Å². The van der Waals surface area contributed by atoms with E-state index >= 15 is 0 Å². The molecule has 0 aliphatic carbocycles. The number of nitrogens with two attached hydrogens (primary N) is 1. The van der Waals surface area contributed by atoms with Crippen molar-refractivity contribution in [2.24, 2.45) is 0 Å². The summed E-state index contributed by atoms with van der Waals surface area (Å²) < 4.78 is 6.19. The van der Waals surface area contributed by atoms with Gasteiger partial charge in [0.25, 0.3) is 0 Å². The predicted molar refractivity (Wildman–Crippen MR) is 59.5 cm³/mol. The Morgan fingerprint density at radius 3 is 2.61 bits per heavy atom. The maximum absolute atomic E-state index is 11.5. The zero-order valence-corrected chi connectivity index (χ0v) is 9.30. The Bertz CT molecular complexity index is 464. The summed E-state index contributed by atoms with van der Waals surface area (Å²) in [6, 6.07) is 1.37. The number of aromatic nitrogens is 2. The largest absolute Gasteiger partial charge is 0.412 e. The summed E-state index contributed by atoms with van der Waals surface area (Å²) in [6.45, 7) is -0.453. The molecular weight excluding hydrogens is 246 g/mol. The van der Waals surface area contributed by atoms with E-state index in [1.807, 2.05) is 0 Å². The fraction of sp³-hybridized carbons (Fsp3) is 0.556. The molecule has 0 bridgehead atoms. The minimum atomic E-state index is -1.31. The first-order valence-corrected chi connectivity index (χ1v) is 5.01. The zero-order valence-electron chi connectivity index (χ0n) is 9.30. The second-order valence-electron chi connectivity index (χ2n) is 3.77. The second kappa shape index (κ2) is 5.42. The molecule has 1 aromatic rings. The summed E-state index contributed by atoms with van der Waals surface area (Å²) in [5.41, 5.74) is 4.63. The van der Waals surface area contributed by atoms with Gasteiger partial charge in [-0.2, -0.15) is 4.98 Å². The van der Waals surface area contributed by atoms with E-state index in [2.05, 4.69) is 4.98 Å². The molecule has 0 spiro atoms. The van der Waals surface area contributed by atoms with Crippen molar-refractivity contribution in [1.82, 2.24) is 9.55 Å². The van der Waals surface area contributed by atoms with Crippen LogP contribution in [0.2, 0.25) is 0 Å². The van der Waals surface area contributed by atoms with E-state index < -0.39 is 36.8 Å². The fourth-order valence-corrected chi connectivity index (χ4v) is 1.73. The lowest BCUT2D eigenvalue weighted by molar-refractivity contribution is -0.0549. The van der Waals surface area contributed by atoms with Crippen LogP contribution in [-0.4, -0.2) is 55.3 Å². The van der Waals surface area contributed by atoms with Crippen LogP contribution < -0.4 is 11.4 Å². The maximum atomic E-state index is 11.5. The molecule has 1 fully saturated rings. The summed E-state index contributed by atoms with van der Waals surface area (Å²) >= 11 is 0. The minimum absolute atomic E-state index is 0. The summed E-state index contributed by atoms with van der Waals surface area (Å²) in [7, 11) is 0. The number of hydrogen-bond acceptors (Lipinski definition) is 7. The molecule has 1 aromatic heterocycles. The molecule has 0 aromatic carbocycles. The Labute approximate surface area is 101 Å². The Hall–Kier alpha value is -1.52. The quantitative estimate of drug-likeness (QED) is 0.431. The van der Waals surface area contributed by atoms with Crippen molar-refractivity contribution in [1.29, 1.82) is 0 Å². The number of nitrogens with zero attached hydrogens (tertiary/aromatic N) is 2. The lowest BCUT2D eigenvalue weighted by Gasteiger charge is -2.16. The van der Waals surface area contributed by atoms with E-state index in [0.717, 1.165) is 4.57 Å². The van der Waals surface area contributed by atoms with Gasteiger partial charge in [0.1, 0.15) is 24.1 Å². The van der Waals surface area contributed by atoms with Crippen molar-refractivity contribution in [3.8, 4) is 0 Å². The number of hydrogen-bond donors (Lipinski definition) is 4. The highest BCUT2D eigenvalue weighted by molar-refractivity contribution is 5.23. The Balaban J connectivity index is 0.00000162. The van der Waals surface area contributed by atoms with Gasteiger partial charge in [0, 0.05) is 6.20 Å². The Morgan fingerprint density at radius 2 is 2.11 bits per heavy atom. The topological polar surface area (TPSA) is 162 Å². The molecule has 7 N–H and O–H groups in total. The lowest BCUT2D eigenvalue weighted by Crippen LogP contribution is -2.36. The number of nitrogen functional groups attached to an aromatic ring is 1. The van der Waals surface area contributed by atoms with Crippen LogP contribution in [0.5, 0.6) is 0 Å². The summed E-state index contributed by atoms with van der Waals surface area (Å²) in [6.07, 6.45) is -3.27. The maximum Gasteiger partial charge on any atom is 0.351 e. The number of ether oxygens (including phenoxy) is 1. The highest BCUT2D eigenvalue weighted by Gasteiger charge is 2.43. The Morgan fingerprint density at radius 1 is 1.44 bits per heavy atom. The highest BCUT2D eigenvalue weighted by atomic mass is 16.6. The first-order chi connectivity index (χ1) is 8.04. The van der Waals surface area contributed by atoms with Gasteiger partial charge in [0.2, 0.25) is 0 Å². The average molecular weight is 261 g/mol. The van der Waals surface area contributed by atoms with E-state index in [9.17, 15) is 15.0 Å². The van der Waals surface area contributed by atoms with Crippen LogP contribution in [0.25, 0.3) is 0 Å². The molecule has 1 aliphatic rings. The van der Waals surface area contributed by atoms with Crippen LogP contribution >= 0.6 is 0 Å². The van der Waals surface area contributed by atoms with Crippen molar-refractivity contribution in [2.45, 2.75) is 24.5 Å². The molecule has 9 nitrogen and oxygen atoms in total. The van der Waals surface area contributed by atoms with Crippen LogP contribution in [0.4, 0.5) is 5.82 Å². The minimum Gasteiger partial charge on any atom is -0.412 e. The van der Waals surface area contributed by atoms with Gasteiger partial charge in [-0.25, -0.2) is 4.79 Å². The number of anilines is 1. The average Bonchev–Trinajstić information content (AvgIpc) is 2.57. The van der Waals surface area contributed by atoms with Crippen molar-refractivity contribution in [3.05, 3.63) is 22.7 Å². The van der Waals surface area contributed by atoms with E-state index in [-0.39, 0.29) is 11.3 Å². The second-order valence-corrected chi connectivity index (χ2v) is 3.77. The predicted octanol–water partition coefficient (Wildman–Crippen LogP) is -3.39. The molecule has 0 radical (unpaired) electrons. The van der Waals surface area contributed by atoms with Crippen LogP contribution in [0, 0.1) is 0 Å². The number of aliphatic hydroxyl groups excluding tert-OH is 3. The van der Waals surface area contributed by atoms with Gasteiger partial charge < -0.3 is 31.3 Å². The van der Waals surface area contributed by atoms with E-state index in [0.29, 0.717) is 0 Å². The SMILES string of the molecule is Nc1ccn([C@@H]2O[C@H](CO)[C@@H](O)[C@H]2O)c(=O)n1.O. The van der Waals surface area contributed by atoms with Crippen molar-refractivity contribution in [2.75, 3.05) is 12.3 Å². The number of aliphatic hydroxyl groups is 3. The van der Waals surface area contributed by atoms with Crippen molar-refractivity contribution >= 4 is 5.82 Å². The fourth-order valence-electron chi connectivity index (χ4n) is 1.73. The van der Waals surface area contributed by atoms with Gasteiger partial charge >= 0.3 is 5.69 Å². The van der Waals surface area contributed by atoms with Crippen molar-refractivity contribution in [3.63, 3.8) is 0 Å². The molecule has 2 heterocycles. The van der Waals surface area contributed by atoms with Gasteiger partial charge in [0.05, 0.1) is 6.61 Å². The van der Waals surface area contributed by atoms with Crippen LogP contribution in [0.1, 0.15) is 6.23 Å². The van der Waals surface area contributed by atoms with Crippen LogP contribution in [0.3, 0.4) is 0 Å². The molecule has 4 atom stereocenters. The molecule has 1 saturated heterocycles. The third-order valence-corrected chi connectivity index (χ3v) is 2.64. The lowest BCUT2D eigenvalue weighted by atomic mass is 10.1. The smallest absolute Gasteiger partial charge is 0.351 e. The Kier molecular flexibility index (Phi) is 4.38. The monoisotopic (exact) mass is 261 g/mol. The molecule has 9 heteroatoms. The van der Waals surface area contributed by atoms with Gasteiger partial charge in [-0.1, -0.05) is 0 Å². The third-order valence-electron chi connectivity index (χ3n) is 2.64. The molecule has 18 heavy (non-hydrogen) atoms.